The minimum absolute atomic E-state index is 0.144. The molecule has 0 N–H and O–H groups in total. The molecule has 0 spiro atoms. The molecule has 0 saturated carbocycles. The van der Waals surface area contributed by atoms with Gasteiger partial charge in [-0.1, -0.05) is 235 Å². The summed E-state index contributed by atoms with van der Waals surface area (Å²) < 4.78 is 22.7. The van der Waals surface area contributed by atoms with E-state index in [0.29, 0.717) is 17.4 Å². The molecule has 0 bridgehead atoms. The lowest BCUT2D eigenvalue weighted by Crippen LogP contribution is -2.44. The zero-order chi connectivity index (χ0) is 53.4. The van der Waals surface area contributed by atoms with Crippen molar-refractivity contribution in [1.29, 1.82) is 0 Å². The van der Waals surface area contributed by atoms with Crippen molar-refractivity contribution in [2.75, 3.05) is 47.5 Å². The Bertz CT molecular complexity index is 1380. The lowest BCUT2D eigenvalue weighted by molar-refractivity contribution is -0.870. The highest BCUT2D eigenvalue weighted by Gasteiger charge is 2.22. The molecule has 0 heterocycles. The van der Waals surface area contributed by atoms with Crippen LogP contribution in [0.25, 0.3) is 0 Å². The molecule has 0 rings (SSSR count). The van der Waals surface area contributed by atoms with Crippen molar-refractivity contribution in [3.8, 4) is 0 Å². The average molecular weight is 1030 g/mol. The van der Waals surface area contributed by atoms with Gasteiger partial charge in [-0.25, -0.2) is 0 Å². The highest BCUT2D eigenvalue weighted by atomic mass is 16.7. The Morgan fingerprint density at radius 1 is 0.411 bits per heavy atom. The molecule has 0 aliphatic rings. The van der Waals surface area contributed by atoms with E-state index in [4.69, 9.17) is 18.9 Å². The fraction of sp³-hybridized carbons (Fsp3) is 0.797. The Morgan fingerprint density at radius 3 is 1.10 bits per heavy atom. The third kappa shape index (κ3) is 56.6. The van der Waals surface area contributed by atoms with Crippen LogP contribution in [0.15, 0.2) is 60.8 Å². The first-order valence-electron chi connectivity index (χ1n) is 30.4. The SMILES string of the molecule is CCCCCCC/C=C\C/C=C\C/C=C\CCCCCCCCC(=O)OC(COC(=O)CCCCCCCCCCCCCCCCC/C=C\C/C=C\CCCCCCC)COC(OCC[N+](C)(C)C)C(=O)[O-]. The number of aliphatic carboxylic acids is 1. The van der Waals surface area contributed by atoms with Crippen LogP contribution < -0.4 is 5.11 Å². The minimum Gasteiger partial charge on any atom is -0.545 e. The highest BCUT2D eigenvalue weighted by Crippen LogP contribution is 2.16. The predicted octanol–water partition coefficient (Wildman–Crippen LogP) is 16.7. The molecule has 2 atom stereocenters. The van der Waals surface area contributed by atoms with Crippen LogP contribution in [0.3, 0.4) is 0 Å². The summed E-state index contributed by atoms with van der Waals surface area (Å²) in [6, 6.07) is 0. The molecule has 0 aliphatic carbocycles. The number of nitrogens with zero attached hydrogens (tertiary/aromatic N) is 1. The Morgan fingerprint density at radius 2 is 0.740 bits per heavy atom. The number of carbonyl (C=O) groups is 3. The molecule has 2 unspecified atom stereocenters. The second-order valence-electron chi connectivity index (χ2n) is 21.6. The molecule has 0 aromatic carbocycles. The van der Waals surface area contributed by atoms with Gasteiger partial charge < -0.3 is 33.3 Å². The van der Waals surface area contributed by atoms with Crippen LogP contribution >= 0.6 is 0 Å². The van der Waals surface area contributed by atoms with E-state index in [2.05, 4.69) is 74.6 Å². The van der Waals surface area contributed by atoms with Crippen molar-refractivity contribution in [3.05, 3.63) is 60.8 Å². The van der Waals surface area contributed by atoms with Crippen LogP contribution in [-0.2, 0) is 33.3 Å². The number of ether oxygens (including phenoxy) is 4. The maximum atomic E-state index is 12.9. The van der Waals surface area contributed by atoms with Gasteiger partial charge >= 0.3 is 11.9 Å². The summed E-state index contributed by atoms with van der Waals surface area (Å²) >= 11 is 0. The first-order valence-corrected chi connectivity index (χ1v) is 30.4. The van der Waals surface area contributed by atoms with Gasteiger partial charge in [-0.2, -0.15) is 0 Å². The van der Waals surface area contributed by atoms with Gasteiger partial charge in [0.25, 0.3) is 0 Å². The van der Waals surface area contributed by atoms with Crippen LogP contribution in [0.1, 0.15) is 271 Å². The number of hydrogen-bond acceptors (Lipinski definition) is 8. The molecular weight excluding hydrogens is 911 g/mol. The van der Waals surface area contributed by atoms with E-state index in [-0.39, 0.29) is 38.6 Å². The van der Waals surface area contributed by atoms with Gasteiger partial charge in [0, 0.05) is 12.8 Å². The first kappa shape index (κ1) is 70.0. The van der Waals surface area contributed by atoms with E-state index in [0.717, 1.165) is 77.0 Å². The zero-order valence-electron chi connectivity index (χ0n) is 48.3. The third-order valence-corrected chi connectivity index (χ3v) is 13.2. The maximum absolute atomic E-state index is 12.9. The van der Waals surface area contributed by atoms with Crippen molar-refractivity contribution in [2.24, 2.45) is 0 Å². The van der Waals surface area contributed by atoms with Gasteiger partial charge in [-0.15, -0.1) is 0 Å². The van der Waals surface area contributed by atoms with Gasteiger partial charge in [0.1, 0.15) is 13.2 Å². The maximum Gasteiger partial charge on any atom is 0.306 e. The number of carbonyl (C=O) groups excluding carboxylic acids is 3. The van der Waals surface area contributed by atoms with Gasteiger partial charge in [-0.3, -0.25) is 9.59 Å². The Hall–Kier alpha value is -3.01. The van der Waals surface area contributed by atoms with E-state index in [1.54, 1.807) is 0 Å². The summed E-state index contributed by atoms with van der Waals surface area (Å²) in [4.78, 5) is 37.3. The highest BCUT2D eigenvalue weighted by molar-refractivity contribution is 5.70. The largest absolute Gasteiger partial charge is 0.545 e. The molecule has 0 aromatic rings. The van der Waals surface area contributed by atoms with Crippen molar-refractivity contribution in [1.82, 2.24) is 0 Å². The van der Waals surface area contributed by atoms with E-state index in [9.17, 15) is 19.5 Å². The van der Waals surface area contributed by atoms with Crippen LogP contribution in [0.5, 0.6) is 0 Å². The summed E-state index contributed by atoms with van der Waals surface area (Å²) in [6.07, 6.45) is 67.0. The first-order chi connectivity index (χ1) is 35.6. The monoisotopic (exact) mass is 1030 g/mol. The van der Waals surface area contributed by atoms with Gasteiger partial charge in [0.15, 0.2) is 12.4 Å². The van der Waals surface area contributed by atoms with Crippen molar-refractivity contribution >= 4 is 17.9 Å². The lowest BCUT2D eigenvalue weighted by Gasteiger charge is -2.26. The Kier molecular flexibility index (Phi) is 53.0. The van der Waals surface area contributed by atoms with Gasteiger partial charge in [0.05, 0.1) is 40.3 Å². The second kappa shape index (κ2) is 55.2. The molecule has 0 fully saturated rings. The average Bonchev–Trinajstić information content (AvgIpc) is 3.36. The summed E-state index contributed by atoms with van der Waals surface area (Å²) in [5.74, 6) is -2.29. The number of allylic oxidation sites excluding steroid dienone is 10. The minimum atomic E-state index is -1.63. The number of rotatable bonds is 56. The molecule has 424 valence electrons. The normalized spacial score (nSPS) is 13.2. The van der Waals surface area contributed by atoms with Crippen LogP contribution in [0, 0.1) is 0 Å². The lowest BCUT2D eigenvalue weighted by atomic mass is 10.0. The predicted molar refractivity (Wildman–Crippen MR) is 306 cm³/mol. The van der Waals surface area contributed by atoms with E-state index in [1.165, 1.54) is 161 Å². The number of carboxylic acids is 1. The van der Waals surface area contributed by atoms with Crippen LogP contribution in [-0.4, -0.2) is 82.3 Å². The fourth-order valence-corrected chi connectivity index (χ4v) is 8.52. The second-order valence-corrected chi connectivity index (χ2v) is 21.6. The quantitative estimate of drug-likeness (QED) is 0.0195. The molecule has 0 aliphatic heterocycles. The van der Waals surface area contributed by atoms with E-state index >= 15 is 0 Å². The molecule has 0 saturated heterocycles. The number of carboxylic acid groups (broad SMARTS) is 1. The van der Waals surface area contributed by atoms with Crippen molar-refractivity contribution in [3.63, 3.8) is 0 Å². The fourth-order valence-electron chi connectivity index (χ4n) is 8.52. The standard InChI is InChI=1S/C64H115NO8/c1-6-8-10-12-14-16-18-20-22-24-26-28-29-30-31-32-33-35-36-38-40-42-44-46-48-50-52-54-61(66)71-58-60(59-72-64(63(68)69)70-57-56-65(3,4)5)73-62(67)55-53-51-49-47-45-43-41-39-37-34-27-25-23-21-19-17-15-13-11-9-7-2/h18-21,24-27,37,39,60,64H,6-17,22-23,28-36,38,40-59H2,1-5H3/b20-18-,21-19-,26-24-,27-25-,39-37-. The molecule has 0 aromatic heterocycles. The molecule has 73 heavy (non-hydrogen) atoms. The number of unbranched alkanes of at least 4 members (excludes halogenated alkanes) is 31. The Balaban J connectivity index is 4.22. The number of hydrogen-bond donors (Lipinski definition) is 0. The molecule has 9 heteroatoms. The van der Waals surface area contributed by atoms with Crippen molar-refractivity contribution < 1.29 is 42.9 Å². The molecule has 0 radical (unpaired) electrons. The number of quaternary nitrogens is 1. The summed E-state index contributed by atoms with van der Waals surface area (Å²) in [5, 5.41) is 11.8. The summed E-state index contributed by atoms with van der Waals surface area (Å²) in [7, 11) is 5.92. The zero-order valence-corrected chi connectivity index (χ0v) is 48.3. The van der Waals surface area contributed by atoms with Gasteiger partial charge in [-0.05, 0) is 83.5 Å². The van der Waals surface area contributed by atoms with Crippen LogP contribution in [0.4, 0.5) is 0 Å². The van der Waals surface area contributed by atoms with E-state index < -0.39 is 24.3 Å². The number of likely N-dealkylation sites (N-methyl/N-ethyl adjacent to an activating group) is 1. The van der Waals surface area contributed by atoms with Gasteiger partial charge in [0.2, 0.25) is 0 Å². The molecule has 9 nitrogen and oxygen atoms in total. The van der Waals surface area contributed by atoms with Crippen LogP contribution in [0.2, 0.25) is 0 Å². The van der Waals surface area contributed by atoms with E-state index in [1.807, 2.05) is 21.1 Å². The third-order valence-electron chi connectivity index (χ3n) is 13.2. The van der Waals surface area contributed by atoms with Crippen molar-refractivity contribution in [2.45, 2.75) is 283 Å². The molecule has 0 amide bonds. The Labute approximate surface area is 450 Å². The topological polar surface area (TPSA) is 111 Å². The number of esters is 2. The smallest absolute Gasteiger partial charge is 0.306 e. The summed E-state index contributed by atoms with van der Waals surface area (Å²) in [6.45, 7) is 4.73. The molecular formula is C64H115NO8. The summed E-state index contributed by atoms with van der Waals surface area (Å²) in [5.41, 5.74) is 0.